The minimum atomic E-state index is -2.50. The Morgan fingerprint density at radius 2 is 2.00 bits per heavy atom. The van der Waals surface area contributed by atoms with E-state index in [0.29, 0.717) is 18.8 Å². The molecule has 1 aromatic carbocycles. The summed E-state index contributed by atoms with van der Waals surface area (Å²) < 4.78 is 31.1. The molecule has 0 N–H and O–H groups in total. The molecule has 1 aliphatic heterocycles. The van der Waals surface area contributed by atoms with Crippen LogP contribution in [0.25, 0.3) is 0 Å². The number of amides is 1. The Balaban J connectivity index is 1.52. The molecule has 1 saturated heterocycles. The Labute approximate surface area is 127 Å². The lowest BCUT2D eigenvalue weighted by Gasteiger charge is -2.52. The number of alkyl halides is 2. The maximum atomic E-state index is 12.7. The van der Waals surface area contributed by atoms with Gasteiger partial charge in [-0.3, -0.25) is 0 Å². The van der Waals surface area contributed by atoms with Crippen molar-refractivity contribution in [2.75, 3.05) is 13.1 Å². The molecule has 1 saturated carbocycles. The van der Waals surface area contributed by atoms with Crippen molar-refractivity contribution in [1.29, 1.82) is 0 Å². The average Bonchev–Trinajstić information content (AvgIpc) is 2.46. The van der Waals surface area contributed by atoms with E-state index in [4.69, 9.17) is 4.74 Å². The van der Waals surface area contributed by atoms with Gasteiger partial charge < -0.3 is 19.5 Å². The van der Waals surface area contributed by atoms with E-state index < -0.39 is 12.5 Å². The van der Waals surface area contributed by atoms with E-state index in [1.165, 1.54) is 17.0 Å². The molecule has 22 heavy (non-hydrogen) atoms. The molecule has 0 bridgehead atoms. The van der Waals surface area contributed by atoms with Crippen LogP contribution in [0.5, 0.6) is 5.75 Å². The summed E-state index contributed by atoms with van der Waals surface area (Å²) in [5.74, 6) is 0.477. The molecule has 0 aromatic heterocycles. The number of halogens is 2. The second-order valence-electron chi connectivity index (χ2n) is 6.27. The highest BCUT2D eigenvalue weighted by atomic mass is 19.3. The highest BCUT2D eigenvalue weighted by Gasteiger charge is 2.47. The fraction of sp³-hybridized carbons (Fsp3) is 0.562. The smallest absolute Gasteiger partial charge is 0.263 e. The van der Waals surface area contributed by atoms with E-state index in [1.807, 2.05) is 0 Å². The third-order valence-electron chi connectivity index (χ3n) is 4.82. The molecule has 0 atom stereocenters. The van der Waals surface area contributed by atoms with Crippen LogP contribution in [-0.2, 0) is 0 Å². The lowest BCUT2D eigenvalue weighted by molar-refractivity contribution is -0.268. The van der Waals surface area contributed by atoms with Gasteiger partial charge in [-0.2, -0.15) is 0 Å². The van der Waals surface area contributed by atoms with E-state index in [0.717, 1.165) is 25.7 Å². The molecule has 1 amide bonds. The van der Waals surface area contributed by atoms with Gasteiger partial charge in [0.25, 0.3) is 6.43 Å². The molecule has 120 valence electrons. The quantitative estimate of drug-likeness (QED) is 0.862. The third-order valence-corrected chi connectivity index (χ3v) is 4.82. The largest absolute Gasteiger partial charge is 0.530 e. The van der Waals surface area contributed by atoms with Crippen LogP contribution >= 0.6 is 0 Å². The molecule has 1 aromatic rings. The summed E-state index contributed by atoms with van der Waals surface area (Å²) in [7, 11) is 0. The number of hydrogen-bond acceptors (Lipinski definition) is 3. The maximum absolute atomic E-state index is 12.7. The molecule has 4 nitrogen and oxygen atoms in total. The minimum Gasteiger partial charge on any atom is -0.530 e. The van der Waals surface area contributed by atoms with Crippen LogP contribution in [0, 0.1) is 5.41 Å². The molecular formula is C16H18F2NO3-. The zero-order valence-electron chi connectivity index (χ0n) is 12.1. The van der Waals surface area contributed by atoms with Crippen molar-refractivity contribution in [2.45, 2.75) is 38.2 Å². The SMILES string of the molecule is O=C([O-])N1CCC2(CC1)CC(Oc1cccc(C(F)F)c1)C2. The maximum Gasteiger partial charge on any atom is 0.263 e. The molecule has 1 heterocycles. The summed E-state index contributed by atoms with van der Waals surface area (Å²) in [6, 6.07) is 6.03. The standard InChI is InChI=1S/C16H19F2NO3/c17-14(18)11-2-1-3-12(8-11)22-13-9-16(10-13)4-6-19(7-5-16)15(20)21/h1-3,8,13-14H,4-7,9-10H2,(H,20,21)/p-1. The molecular weight excluding hydrogens is 292 g/mol. The molecule has 2 aliphatic rings. The highest BCUT2D eigenvalue weighted by Crippen LogP contribution is 2.50. The number of carbonyl (C=O) groups is 1. The van der Waals surface area contributed by atoms with Crippen molar-refractivity contribution < 1.29 is 23.4 Å². The molecule has 6 heteroatoms. The Kier molecular flexibility index (Phi) is 3.93. The molecule has 0 radical (unpaired) electrons. The van der Waals surface area contributed by atoms with Crippen molar-refractivity contribution >= 4 is 6.09 Å². The number of ether oxygens (including phenoxy) is 1. The van der Waals surface area contributed by atoms with Gasteiger partial charge in [-0.05, 0) is 43.2 Å². The van der Waals surface area contributed by atoms with Crippen LogP contribution in [0.2, 0.25) is 0 Å². The number of likely N-dealkylation sites (tertiary alicyclic amines) is 1. The zero-order valence-corrected chi connectivity index (χ0v) is 12.1. The first-order valence-electron chi connectivity index (χ1n) is 7.48. The van der Waals surface area contributed by atoms with E-state index in [2.05, 4.69) is 0 Å². The van der Waals surface area contributed by atoms with Gasteiger partial charge in [-0.15, -0.1) is 0 Å². The van der Waals surface area contributed by atoms with E-state index >= 15 is 0 Å². The van der Waals surface area contributed by atoms with Crippen LogP contribution < -0.4 is 9.84 Å². The van der Waals surface area contributed by atoms with Crippen LogP contribution in [0.3, 0.4) is 0 Å². The monoisotopic (exact) mass is 310 g/mol. The Morgan fingerprint density at radius 1 is 1.32 bits per heavy atom. The number of piperidine rings is 1. The summed E-state index contributed by atoms with van der Waals surface area (Å²) in [6.45, 7) is 1.02. The summed E-state index contributed by atoms with van der Waals surface area (Å²) >= 11 is 0. The molecule has 1 spiro atoms. The van der Waals surface area contributed by atoms with Gasteiger partial charge in [0.2, 0.25) is 0 Å². The van der Waals surface area contributed by atoms with Crippen LogP contribution in [0.4, 0.5) is 13.6 Å². The number of carbonyl (C=O) groups excluding carboxylic acids is 1. The number of hydrogen-bond donors (Lipinski definition) is 0. The topological polar surface area (TPSA) is 52.6 Å². The summed E-state index contributed by atoms with van der Waals surface area (Å²) in [6.07, 6.45) is -0.228. The number of benzene rings is 1. The lowest BCUT2D eigenvalue weighted by atomic mass is 9.61. The van der Waals surface area contributed by atoms with Gasteiger partial charge in [0.15, 0.2) is 0 Å². The average molecular weight is 310 g/mol. The van der Waals surface area contributed by atoms with E-state index in [1.54, 1.807) is 12.1 Å². The number of carboxylic acid groups (broad SMARTS) is 1. The second kappa shape index (κ2) is 5.74. The Morgan fingerprint density at radius 3 is 2.59 bits per heavy atom. The molecule has 2 fully saturated rings. The fourth-order valence-corrected chi connectivity index (χ4v) is 3.48. The van der Waals surface area contributed by atoms with Crippen molar-refractivity contribution in [3.63, 3.8) is 0 Å². The fourth-order valence-electron chi connectivity index (χ4n) is 3.48. The van der Waals surface area contributed by atoms with Crippen LogP contribution in [0.1, 0.15) is 37.7 Å². The number of rotatable bonds is 3. The van der Waals surface area contributed by atoms with Gasteiger partial charge in [0.05, 0.1) is 6.10 Å². The third kappa shape index (κ3) is 3.00. The van der Waals surface area contributed by atoms with Crippen LogP contribution in [0.15, 0.2) is 24.3 Å². The highest BCUT2D eigenvalue weighted by molar-refractivity contribution is 5.62. The number of nitrogens with zero attached hydrogens (tertiary/aromatic N) is 1. The summed E-state index contributed by atoms with van der Waals surface area (Å²) in [4.78, 5) is 12.1. The normalized spacial score (nSPS) is 21.0. The predicted molar refractivity (Wildman–Crippen MR) is 73.7 cm³/mol. The Hall–Kier alpha value is -1.85. The lowest BCUT2D eigenvalue weighted by Crippen LogP contribution is -2.54. The van der Waals surface area contributed by atoms with Gasteiger partial charge in [0, 0.05) is 18.7 Å². The zero-order chi connectivity index (χ0) is 15.7. The van der Waals surface area contributed by atoms with Crippen LogP contribution in [-0.4, -0.2) is 30.2 Å². The first kappa shape index (κ1) is 15.1. The van der Waals surface area contributed by atoms with Crippen molar-refractivity contribution in [2.24, 2.45) is 5.41 Å². The van der Waals surface area contributed by atoms with Crippen molar-refractivity contribution in [1.82, 2.24) is 4.90 Å². The second-order valence-corrected chi connectivity index (χ2v) is 6.27. The Bertz CT molecular complexity index is 548. The minimum absolute atomic E-state index is 0.0300. The van der Waals surface area contributed by atoms with Gasteiger partial charge in [-0.1, -0.05) is 12.1 Å². The van der Waals surface area contributed by atoms with E-state index in [9.17, 15) is 18.7 Å². The van der Waals surface area contributed by atoms with Gasteiger partial charge >= 0.3 is 0 Å². The van der Waals surface area contributed by atoms with Crippen molar-refractivity contribution in [3.05, 3.63) is 29.8 Å². The predicted octanol–water partition coefficient (Wildman–Crippen LogP) is 2.59. The summed E-state index contributed by atoms with van der Waals surface area (Å²) in [5, 5.41) is 10.8. The van der Waals surface area contributed by atoms with E-state index in [-0.39, 0.29) is 17.1 Å². The van der Waals surface area contributed by atoms with Gasteiger partial charge in [-0.25, -0.2) is 8.78 Å². The van der Waals surface area contributed by atoms with Gasteiger partial charge in [0.1, 0.15) is 11.8 Å². The first-order chi connectivity index (χ1) is 10.5. The molecule has 3 rings (SSSR count). The first-order valence-corrected chi connectivity index (χ1v) is 7.48. The van der Waals surface area contributed by atoms with Crippen molar-refractivity contribution in [3.8, 4) is 5.75 Å². The molecule has 1 aliphatic carbocycles. The summed E-state index contributed by atoms with van der Waals surface area (Å²) in [5.41, 5.74) is 0.116. The molecule has 0 unspecified atom stereocenters.